The molecule has 3 N–H and O–H groups in total. The molecule has 0 fully saturated rings. The van der Waals surface area contributed by atoms with Gasteiger partial charge in [0.2, 0.25) is 5.95 Å². The third-order valence-electron chi connectivity index (χ3n) is 2.53. The number of nitrogens with one attached hydrogen (secondary N) is 1. The van der Waals surface area contributed by atoms with Crippen molar-refractivity contribution in [1.82, 2.24) is 25.6 Å². The zero-order valence-electron chi connectivity index (χ0n) is 11.0. The summed E-state index contributed by atoms with van der Waals surface area (Å²) in [5.74, 6) is -0.249. The predicted octanol–water partition coefficient (Wildman–Crippen LogP) is -0.00990. The number of carbonyl (C=O) groups excluding carboxylic acids is 1. The Morgan fingerprint density at radius 2 is 2.15 bits per heavy atom. The number of hydrogen-bond acceptors (Lipinski definition) is 6. The van der Waals surface area contributed by atoms with Crippen molar-refractivity contribution in [3.05, 3.63) is 35.9 Å². The molecule has 1 aromatic carbocycles. The fourth-order valence-electron chi connectivity index (χ4n) is 1.58. The average Bonchev–Trinajstić information content (AvgIpc) is 2.83. The molecule has 0 bridgehead atoms. The zero-order valence-corrected chi connectivity index (χ0v) is 11.0. The lowest BCUT2D eigenvalue weighted by molar-refractivity contribution is -0.121. The quantitative estimate of drug-likeness (QED) is 0.588. The van der Waals surface area contributed by atoms with Gasteiger partial charge in [-0.15, -0.1) is 0 Å². The third-order valence-corrected chi connectivity index (χ3v) is 2.53. The first-order valence-corrected chi connectivity index (χ1v) is 6.02. The Morgan fingerprint density at radius 3 is 2.80 bits per heavy atom. The van der Waals surface area contributed by atoms with Crippen LogP contribution in [0.2, 0.25) is 0 Å². The van der Waals surface area contributed by atoms with Crippen molar-refractivity contribution < 1.29 is 4.79 Å². The van der Waals surface area contributed by atoms with Crippen molar-refractivity contribution in [2.45, 2.75) is 19.9 Å². The van der Waals surface area contributed by atoms with Gasteiger partial charge < -0.3 is 5.73 Å². The number of hydrogen-bond donors (Lipinski definition) is 2. The number of nitrogens with two attached hydrogens (primary N) is 1. The second-order valence-electron chi connectivity index (χ2n) is 4.24. The van der Waals surface area contributed by atoms with Crippen LogP contribution in [0.25, 0.3) is 0 Å². The molecule has 104 valence electrons. The van der Waals surface area contributed by atoms with Gasteiger partial charge in [-0.1, -0.05) is 35.4 Å². The van der Waals surface area contributed by atoms with Gasteiger partial charge in [0.1, 0.15) is 6.54 Å². The predicted molar refractivity (Wildman–Crippen MR) is 73.6 cm³/mol. The number of rotatable bonds is 5. The summed E-state index contributed by atoms with van der Waals surface area (Å²) in [6.45, 7) is 1.78. The molecule has 2 rings (SSSR count). The smallest absolute Gasteiger partial charge is 0.261 e. The molecule has 1 amide bonds. The van der Waals surface area contributed by atoms with E-state index in [1.807, 2.05) is 37.3 Å². The number of nitrogens with zero attached hydrogens (tertiary/aromatic N) is 5. The van der Waals surface area contributed by atoms with E-state index in [4.69, 9.17) is 5.73 Å². The van der Waals surface area contributed by atoms with Crippen molar-refractivity contribution in [2.75, 3.05) is 5.73 Å². The minimum absolute atomic E-state index is 0.0685. The number of tetrazole rings is 1. The van der Waals surface area contributed by atoms with Crippen LogP contribution in [-0.2, 0) is 17.8 Å². The van der Waals surface area contributed by atoms with E-state index in [0.29, 0.717) is 6.42 Å². The van der Waals surface area contributed by atoms with Crippen LogP contribution in [0.5, 0.6) is 0 Å². The SMILES string of the molecule is C/C(Cc1ccccc1)=N/NC(=O)Cn1nnnc1N. The summed E-state index contributed by atoms with van der Waals surface area (Å²) in [4.78, 5) is 11.6. The Labute approximate surface area is 115 Å². The van der Waals surface area contributed by atoms with Crippen LogP contribution in [0.1, 0.15) is 12.5 Å². The van der Waals surface area contributed by atoms with E-state index in [-0.39, 0.29) is 18.4 Å². The summed E-state index contributed by atoms with van der Waals surface area (Å²) in [5.41, 5.74) is 9.84. The number of hydrazone groups is 1. The van der Waals surface area contributed by atoms with E-state index in [9.17, 15) is 4.79 Å². The summed E-state index contributed by atoms with van der Waals surface area (Å²) < 4.78 is 1.19. The van der Waals surface area contributed by atoms with Gasteiger partial charge in [0.25, 0.3) is 5.91 Å². The Morgan fingerprint density at radius 1 is 1.40 bits per heavy atom. The number of nitrogen functional groups attached to an aromatic ring is 1. The summed E-state index contributed by atoms with van der Waals surface area (Å²) in [7, 11) is 0. The van der Waals surface area contributed by atoms with Crippen molar-refractivity contribution in [3.8, 4) is 0 Å². The lowest BCUT2D eigenvalue weighted by atomic mass is 10.1. The van der Waals surface area contributed by atoms with Crippen molar-refractivity contribution in [1.29, 1.82) is 0 Å². The molecule has 0 saturated heterocycles. The van der Waals surface area contributed by atoms with Gasteiger partial charge >= 0.3 is 0 Å². The summed E-state index contributed by atoms with van der Waals surface area (Å²) in [5, 5.41) is 14.4. The highest BCUT2D eigenvalue weighted by molar-refractivity contribution is 5.86. The Balaban J connectivity index is 1.85. The Hall–Kier alpha value is -2.77. The molecule has 2 aromatic rings. The standard InChI is InChI=1S/C12H15N7O/c1-9(7-10-5-3-2-4-6-10)14-15-11(20)8-19-12(13)16-17-18-19/h2-6H,7-8H2,1H3,(H,15,20)(H2,13,16,18)/b14-9-. The lowest BCUT2D eigenvalue weighted by Crippen LogP contribution is -2.25. The number of aromatic nitrogens is 4. The number of benzene rings is 1. The average molecular weight is 273 g/mol. The molecule has 0 aliphatic heterocycles. The van der Waals surface area contributed by atoms with Crippen LogP contribution in [0, 0.1) is 0 Å². The summed E-state index contributed by atoms with van der Waals surface area (Å²) >= 11 is 0. The molecule has 0 saturated carbocycles. The maximum atomic E-state index is 11.6. The number of carbonyl (C=O) groups is 1. The highest BCUT2D eigenvalue weighted by Gasteiger charge is 2.06. The van der Waals surface area contributed by atoms with Gasteiger partial charge in [-0.05, 0) is 22.9 Å². The second-order valence-corrected chi connectivity index (χ2v) is 4.24. The fraction of sp³-hybridized carbons (Fsp3) is 0.250. The first-order valence-electron chi connectivity index (χ1n) is 6.02. The van der Waals surface area contributed by atoms with Crippen LogP contribution in [0.3, 0.4) is 0 Å². The topological polar surface area (TPSA) is 111 Å². The van der Waals surface area contributed by atoms with Gasteiger partial charge in [-0.2, -0.15) is 5.10 Å². The van der Waals surface area contributed by atoms with Gasteiger partial charge in [0.05, 0.1) is 0 Å². The molecule has 0 unspecified atom stereocenters. The minimum Gasteiger partial charge on any atom is -0.367 e. The summed E-state index contributed by atoms with van der Waals surface area (Å²) in [6, 6.07) is 9.88. The highest BCUT2D eigenvalue weighted by Crippen LogP contribution is 2.00. The van der Waals surface area contributed by atoms with E-state index in [0.717, 1.165) is 11.3 Å². The largest absolute Gasteiger partial charge is 0.367 e. The van der Waals surface area contributed by atoms with E-state index in [1.165, 1.54) is 4.68 Å². The van der Waals surface area contributed by atoms with Gasteiger partial charge in [-0.3, -0.25) is 4.79 Å². The Kier molecular flexibility index (Phi) is 4.38. The normalized spacial score (nSPS) is 11.3. The molecular weight excluding hydrogens is 258 g/mol. The molecule has 0 spiro atoms. The van der Waals surface area contributed by atoms with E-state index in [2.05, 4.69) is 26.1 Å². The first-order chi connectivity index (χ1) is 9.65. The number of amides is 1. The maximum absolute atomic E-state index is 11.6. The first kappa shape index (κ1) is 13.7. The molecule has 0 atom stereocenters. The minimum atomic E-state index is -0.337. The lowest BCUT2D eigenvalue weighted by Gasteiger charge is -2.03. The van der Waals surface area contributed by atoms with E-state index < -0.39 is 0 Å². The molecule has 20 heavy (non-hydrogen) atoms. The molecule has 0 radical (unpaired) electrons. The van der Waals surface area contributed by atoms with Crippen molar-refractivity contribution in [2.24, 2.45) is 5.10 Å². The third kappa shape index (κ3) is 3.87. The van der Waals surface area contributed by atoms with Gasteiger partial charge in [0.15, 0.2) is 0 Å². The molecule has 8 heteroatoms. The van der Waals surface area contributed by atoms with Crippen molar-refractivity contribution >= 4 is 17.6 Å². The molecule has 1 aromatic heterocycles. The van der Waals surface area contributed by atoms with Gasteiger partial charge in [0, 0.05) is 12.1 Å². The van der Waals surface area contributed by atoms with Gasteiger partial charge in [-0.25, -0.2) is 10.1 Å². The van der Waals surface area contributed by atoms with Crippen LogP contribution >= 0.6 is 0 Å². The maximum Gasteiger partial charge on any atom is 0.261 e. The number of anilines is 1. The van der Waals surface area contributed by atoms with Crippen LogP contribution in [0.15, 0.2) is 35.4 Å². The van der Waals surface area contributed by atoms with E-state index >= 15 is 0 Å². The van der Waals surface area contributed by atoms with E-state index in [1.54, 1.807) is 0 Å². The second kappa shape index (κ2) is 6.41. The molecule has 0 aliphatic rings. The Bertz CT molecular complexity index is 605. The van der Waals surface area contributed by atoms with Crippen molar-refractivity contribution in [3.63, 3.8) is 0 Å². The van der Waals surface area contributed by atoms with Crippen LogP contribution in [0.4, 0.5) is 5.95 Å². The highest BCUT2D eigenvalue weighted by atomic mass is 16.2. The van der Waals surface area contributed by atoms with Crippen LogP contribution in [-0.4, -0.2) is 31.8 Å². The summed E-state index contributed by atoms with van der Waals surface area (Å²) in [6.07, 6.45) is 0.675. The van der Waals surface area contributed by atoms with Crippen LogP contribution < -0.4 is 11.2 Å². The molecule has 0 aliphatic carbocycles. The monoisotopic (exact) mass is 273 g/mol. The molecular formula is C12H15N7O. The fourth-order valence-corrected chi connectivity index (χ4v) is 1.58. The molecule has 8 nitrogen and oxygen atoms in total. The molecule has 1 heterocycles. The zero-order chi connectivity index (χ0) is 14.4.